The van der Waals surface area contributed by atoms with Crippen LogP contribution >= 0.6 is 12.4 Å². The van der Waals surface area contributed by atoms with Gasteiger partial charge in [0.15, 0.2) is 0 Å². The minimum atomic E-state index is 0. The fourth-order valence-electron chi connectivity index (χ4n) is 2.67. The molecule has 0 saturated carbocycles. The van der Waals surface area contributed by atoms with E-state index in [2.05, 4.69) is 16.4 Å². The molecule has 6 nitrogen and oxygen atoms in total. The van der Waals surface area contributed by atoms with Crippen LogP contribution in [0, 0.1) is 11.3 Å². The van der Waals surface area contributed by atoms with Gasteiger partial charge in [0.05, 0.1) is 37.6 Å². The van der Waals surface area contributed by atoms with Crippen molar-refractivity contribution < 1.29 is 14.2 Å². The second-order valence-electron chi connectivity index (χ2n) is 5.50. The van der Waals surface area contributed by atoms with E-state index in [4.69, 9.17) is 14.2 Å². The van der Waals surface area contributed by atoms with Gasteiger partial charge in [-0.05, 0) is 25.1 Å². The fourth-order valence-corrected chi connectivity index (χ4v) is 2.67. The zero-order chi connectivity index (χ0) is 18.5. The topological polar surface area (TPSA) is 76.4 Å². The van der Waals surface area contributed by atoms with Gasteiger partial charge in [0.2, 0.25) is 0 Å². The summed E-state index contributed by atoms with van der Waals surface area (Å²) >= 11 is 0. The molecule has 3 rings (SSSR count). The van der Waals surface area contributed by atoms with E-state index in [0.29, 0.717) is 29.4 Å². The molecule has 2 aromatic carbocycles. The maximum absolute atomic E-state index is 9.52. The number of methoxy groups -OCH3 is 2. The van der Waals surface area contributed by atoms with Crippen LogP contribution in [0.25, 0.3) is 10.9 Å². The van der Waals surface area contributed by atoms with Crippen molar-refractivity contribution in [2.75, 3.05) is 26.1 Å². The number of anilines is 2. The van der Waals surface area contributed by atoms with E-state index in [1.54, 1.807) is 26.5 Å². The van der Waals surface area contributed by atoms with Crippen LogP contribution in [0.2, 0.25) is 0 Å². The minimum absolute atomic E-state index is 0. The predicted octanol–water partition coefficient (Wildman–Crippen LogP) is 4.69. The summed E-state index contributed by atoms with van der Waals surface area (Å²) in [6, 6.07) is 13.3. The van der Waals surface area contributed by atoms with Crippen LogP contribution in [0.3, 0.4) is 0 Å². The van der Waals surface area contributed by atoms with E-state index >= 15 is 0 Å². The number of ether oxygens (including phenoxy) is 3. The molecule has 0 aliphatic rings. The highest BCUT2D eigenvalue weighted by molar-refractivity contribution is 5.96. The van der Waals surface area contributed by atoms with Crippen LogP contribution in [-0.2, 0) is 0 Å². The van der Waals surface area contributed by atoms with Crippen molar-refractivity contribution in [1.82, 2.24) is 4.98 Å². The number of hydrogen-bond donors (Lipinski definition) is 1. The molecule has 1 heterocycles. The summed E-state index contributed by atoms with van der Waals surface area (Å²) in [6.45, 7) is 2.49. The van der Waals surface area contributed by atoms with E-state index in [1.165, 1.54) is 0 Å². The van der Waals surface area contributed by atoms with E-state index in [-0.39, 0.29) is 12.4 Å². The highest BCUT2D eigenvalue weighted by Gasteiger charge is 2.12. The normalized spacial score (nSPS) is 9.85. The highest BCUT2D eigenvalue weighted by atomic mass is 35.5. The van der Waals surface area contributed by atoms with Gasteiger partial charge >= 0.3 is 0 Å². The lowest BCUT2D eigenvalue weighted by atomic mass is 10.1. The molecule has 7 heteroatoms. The van der Waals surface area contributed by atoms with Crippen molar-refractivity contribution in [2.24, 2.45) is 0 Å². The Hall–Kier alpha value is -3.17. The van der Waals surface area contributed by atoms with Gasteiger partial charge in [-0.15, -0.1) is 12.4 Å². The van der Waals surface area contributed by atoms with Crippen LogP contribution in [0.15, 0.2) is 42.6 Å². The predicted molar refractivity (Wildman–Crippen MR) is 108 cm³/mol. The Kier molecular flexibility index (Phi) is 6.69. The summed E-state index contributed by atoms with van der Waals surface area (Å²) in [7, 11) is 3.19. The number of fused-ring (bicyclic) bond motifs is 1. The molecule has 0 aliphatic carbocycles. The third-order valence-electron chi connectivity index (χ3n) is 3.89. The third kappa shape index (κ3) is 4.33. The first kappa shape index (κ1) is 20.1. The van der Waals surface area contributed by atoms with E-state index in [0.717, 1.165) is 22.3 Å². The number of nitrogens with zero attached hydrogens (tertiary/aromatic N) is 2. The molecule has 0 saturated heterocycles. The van der Waals surface area contributed by atoms with Crippen LogP contribution in [0.5, 0.6) is 17.2 Å². The quantitative estimate of drug-likeness (QED) is 0.663. The van der Waals surface area contributed by atoms with Crippen molar-refractivity contribution in [3.63, 3.8) is 0 Å². The summed E-state index contributed by atoms with van der Waals surface area (Å²) in [5, 5.41) is 13.6. The van der Waals surface area contributed by atoms with E-state index < -0.39 is 0 Å². The molecule has 0 radical (unpaired) electrons. The lowest BCUT2D eigenvalue weighted by molar-refractivity contribution is 0.340. The van der Waals surface area contributed by atoms with Gasteiger partial charge in [0.25, 0.3) is 0 Å². The van der Waals surface area contributed by atoms with Crippen molar-refractivity contribution in [3.05, 3.63) is 48.2 Å². The average molecular weight is 386 g/mol. The third-order valence-corrected chi connectivity index (χ3v) is 3.89. The number of nitriles is 1. The SMILES string of the molecule is CCOc1ccc2ncc(C#N)c(Nc3cc(OC)cc(OC)c3)c2c1.Cl. The Labute approximate surface area is 164 Å². The summed E-state index contributed by atoms with van der Waals surface area (Å²) in [5.74, 6) is 2.03. The van der Waals surface area contributed by atoms with Gasteiger partial charge in [-0.3, -0.25) is 4.98 Å². The lowest BCUT2D eigenvalue weighted by Gasteiger charge is -2.14. The van der Waals surface area contributed by atoms with Crippen LogP contribution < -0.4 is 19.5 Å². The fraction of sp³-hybridized carbons (Fsp3) is 0.200. The largest absolute Gasteiger partial charge is 0.497 e. The van der Waals surface area contributed by atoms with Gasteiger partial charge in [-0.2, -0.15) is 5.26 Å². The molecular weight excluding hydrogens is 366 g/mol. The first-order valence-electron chi connectivity index (χ1n) is 8.14. The van der Waals surface area contributed by atoms with Gasteiger partial charge in [-0.1, -0.05) is 0 Å². The Bertz CT molecular complexity index is 964. The molecule has 3 aromatic rings. The molecular formula is C20H20ClN3O3. The second-order valence-corrected chi connectivity index (χ2v) is 5.50. The molecule has 140 valence electrons. The molecule has 27 heavy (non-hydrogen) atoms. The van der Waals surface area contributed by atoms with Crippen molar-refractivity contribution in [3.8, 4) is 23.3 Å². The molecule has 0 amide bonds. The molecule has 1 N–H and O–H groups in total. The Morgan fingerprint density at radius 1 is 1.04 bits per heavy atom. The Morgan fingerprint density at radius 3 is 2.33 bits per heavy atom. The zero-order valence-electron chi connectivity index (χ0n) is 15.3. The van der Waals surface area contributed by atoms with Gasteiger partial charge < -0.3 is 19.5 Å². The molecule has 0 fully saturated rings. The number of hydrogen-bond acceptors (Lipinski definition) is 6. The Balaban J connectivity index is 0.00000261. The molecule has 0 bridgehead atoms. The number of nitrogens with one attached hydrogen (secondary N) is 1. The van der Waals surface area contributed by atoms with Crippen molar-refractivity contribution in [1.29, 1.82) is 5.26 Å². The van der Waals surface area contributed by atoms with Crippen LogP contribution in [0.4, 0.5) is 11.4 Å². The maximum Gasteiger partial charge on any atom is 0.124 e. The maximum atomic E-state index is 9.52. The van der Waals surface area contributed by atoms with Crippen LogP contribution in [-0.4, -0.2) is 25.8 Å². The number of benzene rings is 2. The monoisotopic (exact) mass is 385 g/mol. The Morgan fingerprint density at radius 2 is 1.74 bits per heavy atom. The molecule has 0 unspecified atom stereocenters. The lowest BCUT2D eigenvalue weighted by Crippen LogP contribution is -1.99. The van der Waals surface area contributed by atoms with Gasteiger partial charge in [-0.25, -0.2) is 0 Å². The smallest absolute Gasteiger partial charge is 0.124 e. The number of rotatable bonds is 6. The standard InChI is InChI=1S/C20H19N3O3.ClH/c1-4-26-15-5-6-19-18(10-15)20(13(11-21)12-22-19)23-14-7-16(24-2)9-17(8-14)25-3;/h5-10,12H,4H2,1-3H3,(H,22,23);1H. The van der Waals surface area contributed by atoms with Crippen LogP contribution in [0.1, 0.15) is 12.5 Å². The summed E-state index contributed by atoms with van der Waals surface area (Å²) < 4.78 is 16.2. The molecule has 0 atom stereocenters. The number of pyridine rings is 1. The molecule has 0 aliphatic heterocycles. The van der Waals surface area contributed by atoms with Gasteiger partial charge in [0, 0.05) is 35.5 Å². The zero-order valence-corrected chi connectivity index (χ0v) is 16.1. The summed E-state index contributed by atoms with van der Waals surface area (Å²) in [5.41, 5.74) is 2.61. The molecule has 1 aromatic heterocycles. The highest BCUT2D eigenvalue weighted by Crippen LogP contribution is 2.34. The van der Waals surface area contributed by atoms with Crippen molar-refractivity contribution in [2.45, 2.75) is 6.92 Å². The van der Waals surface area contributed by atoms with E-state index in [9.17, 15) is 5.26 Å². The molecule has 0 spiro atoms. The second kappa shape index (κ2) is 8.97. The summed E-state index contributed by atoms with van der Waals surface area (Å²) in [4.78, 5) is 4.36. The first-order valence-corrected chi connectivity index (χ1v) is 8.14. The summed E-state index contributed by atoms with van der Waals surface area (Å²) in [6.07, 6.45) is 1.56. The number of aromatic nitrogens is 1. The first-order chi connectivity index (χ1) is 12.7. The minimum Gasteiger partial charge on any atom is -0.497 e. The van der Waals surface area contributed by atoms with E-state index in [1.807, 2.05) is 37.3 Å². The average Bonchev–Trinajstić information content (AvgIpc) is 2.68. The number of halogens is 1. The van der Waals surface area contributed by atoms with Crippen molar-refractivity contribution >= 4 is 34.7 Å². The van der Waals surface area contributed by atoms with Gasteiger partial charge in [0.1, 0.15) is 23.3 Å².